The van der Waals surface area contributed by atoms with Gasteiger partial charge in [0.25, 0.3) is 5.56 Å². The van der Waals surface area contributed by atoms with Gasteiger partial charge in [-0.25, -0.2) is 4.98 Å². The Morgan fingerprint density at radius 1 is 1.16 bits per heavy atom. The lowest BCUT2D eigenvalue weighted by Gasteiger charge is -2.09. The fourth-order valence-electron chi connectivity index (χ4n) is 3.42. The van der Waals surface area contributed by atoms with Crippen molar-refractivity contribution in [3.8, 4) is 22.9 Å². The van der Waals surface area contributed by atoms with Crippen LogP contribution < -0.4 is 15.0 Å². The van der Waals surface area contributed by atoms with Crippen LogP contribution in [0.5, 0.6) is 11.5 Å². The molecule has 0 aliphatic heterocycles. The molecule has 0 saturated carbocycles. The van der Waals surface area contributed by atoms with E-state index in [0.29, 0.717) is 38.1 Å². The van der Waals surface area contributed by atoms with Crippen LogP contribution in [0.2, 0.25) is 5.02 Å². The third kappa shape index (κ3) is 3.22. The normalized spacial score (nSPS) is 11.3. The van der Waals surface area contributed by atoms with Crippen LogP contribution >= 0.6 is 22.9 Å². The highest BCUT2D eigenvalue weighted by Gasteiger charge is 2.18. The summed E-state index contributed by atoms with van der Waals surface area (Å²) in [6, 6.07) is 10.9. The predicted octanol–water partition coefficient (Wildman–Crippen LogP) is 4.38. The van der Waals surface area contributed by atoms with Gasteiger partial charge < -0.3 is 14.0 Å². The number of hydrogen-bond donors (Lipinski definition) is 0. The smallest absolute Gasteiger partial charge is 0.271 e. The van der Waals surface area contributed by atoms with Gasteiger partial charge in [-0.05, 0) is 24.3 Å². The van der Waals surface area contributed by atoms with Crippen LogP contribution in [0.1, 0.15) is 5.89 Å². The summed E-state index contributed by atoms with van der Waals surface area (Å²) in [6.07, 6.45) is 1.47. The summed E-state index contributed by atoms with van der Waals surface area (Å²) in [4.78, 5) is 21.9. The molecule has 0 aliphatic rings. The van der Waals surface area contributed by atoms with E-state index in [2.05, 4.69) is 15.1 Å². The second-order valence-electron chi connectivity index (χ2n) is 6.62. The molecule has 0 unspecified atom stereocenters. The molecule has 156 valence electrons. The van der Waals surface area contributed by atoms with E-state index >= 15 is 0 Å². The minimum absolute atomic E-state index is 0.0863. The number of halogens is 1. The number of benzene rings is 2. The SMILES string of the molecule is COc1cccc(-c2noc(Cn3cnc4c(sc5cccc(Cl)c54)c3=O)n2)c1OC. The number of rotatable bonds is 5. The maximum atomic E-state index is 13.0. The number of fused-ring (bicyclic) bond motifs is 3. The zero-order valence-electron chi connectivity index (χ0n) is 16.5. The fourth-order valence-corrected chi connectivity index (χ4v) is 4.87. The number of hydrogen-bond acceptors (Lipinski definition) is 8. The standard InChI is InChI=1S/C21H15ClN4O4S/c1-28-13-7-3-5-11(18(13)29-2)20-24-15(30-25-20)9-26-10-23-17-16-12(22)6-4-8-14(16)31-19(17)21(26)27/h3-8,10H,9H2,1-2H3. The Morgan fingerprint density at radius 2 is 2.00 bits per heavy atom. The highest BCUT2D eigenvalue weighted by molar-refractivity contribution is 7.25. The zero-order valence-corrected chi connectivity index (χ0v) is 18.0. The number of methoxy groups -OCH3 is 2. The first-order valence-corrected chi connectivity index (χ1v) is 10.4. The van der Waals surface area contributed by atoms with Gasteiger partial charge in [-0.3, -0.25) is 9.36 Å². The Morgan fingerprint density at radius 3 is 2.81 bits per heavy atom. The first-order valence-electron chi connectivity index (χ1n) is 9.21. The fraction of sp³-hybridized carbons (Fsp3) is 0.143. The molecule has 5 aromatic rings. The molecule has 3 aromatic heterocycles. The number of nitrogens with zero attached hydrogens (tertiary/aromatic N) is 4. The Bertz CT molecular complexity index is 1490. The van der Waals surface area contributed by atoms with E-state index in [4.69, 9.17) is 25.6 Å². The van der Waals surface area contributed by atoms with Crippen molar-refractivity contribution < 1.29 is 14.0 Å². The van der Waals surface area contributed by atoms with Crippen LogP contribution in [-0.4, -0.2) is 33.9 Å². The second-order valence-corrected chi connectivity index (χ2v) is 8.08. The molecule has 0 aliphatic carbocycles. The van der Waals surface area contributed by atoms with E-state index in [9.17, 15) is 4.79 Å². The van der Waals surface area contributed by atoms with Crippen LogP contribution in [0.15, 0.2) is 52.0 Å². The summed E-state index contributed by atoms with van der Waals surface area (Å²) < 4.78 is 19.0. The van der Waals surface area contributed by atoms with E-state index in [0.717, 1.165) is 10.1 Å². The Labute approximate surface area is 184 Å². The summed E-state index contributed by atoms with van der Waals surface area (Å²) in [7, 11) is 3.10. The molecule has 0 atom stereocenters. The zero-order chi connectivity index (χ0) is 21.5. The van der Waals surface area contributed by atoms with E-state index < -0.39 is 0 Å². The lowest BCUT2D eigenvalue weighted by Crippen LogP contribution is -2.20. The van der Waals surface area contributed by atoms with Gasteiger partial charge in [-0.15, -0.1) is 11.3 Å². The van der Waals surface area contributed by atoms with Crippen molar-refractivity contribution in [3.05, 3.63) is 64.0 Å². The Kier molecular flexibility index (Phi) is 4.84. The third-order valence-corrected chi connectivity index (χ3v) is 6.29. The third-order valence-electron chi connectivity index (χ3n) is 4.84. The van der Waals surface area contributed by atoms with E-state index in [-0.39, 0.29) is 18.0 Å². The quantitative estimate of drug-likeness (QED) is 0.389. The molecule has 31 heavy (non-hydrogen) atoms. The Balaban J connectivity index is 1.53. The van der Waals surface area contributed by atoms with Gasteiger partial charge in [0, 0.05) is 10.1 Å². The first-order chi connectivity index (χ1) is 15.1. The van der Waals surface area contributed by atoms with Gasteiger partial charge in [0.2, 0.25) is 11.7 Å². The molecule has 8 nitrogen and oxygen atoms in total. The lowest BCUT2D eigenvalue weighted by atomic mass is 10.1. The van der Waals surface area contributed by atoms with Crippen molar-refractivity contribution in [1.29, 1.82) is 0 Å². The summed E-state index contributed by atoms with van der Waals surface area (Å²) >= 11 is 7.67. The second kappa shape index (κ2) is 7.68. The van der Waals surface area contributed by atoms with Crippen LogP contribution in [0.25, 0.3) is 31.7 Å². The number of thiophene rings is 1. The van der Waals surface area contributed by atoms with Crippen molar-refractivity contribution in [1.82, 2.24) is 19.7 Å². The van der Waals surface area contributed by atoms with Gasteiger partial charge in [0.15, 0.2) is 11.5 Å². The van der Waals surface area contributed by atoms with Crippen molar-refractivity contribution in [2.24, 2.45) is 0 Å². The van der Waals surface area contributed by atoms with Crippen LogP contribution in [0, 0.1) is 0 Å². The maximum Gasteiger partial charge on any atom is 0.271 e. The van der Waals surface area contributed by atoms with Crippen molar-refractivity contribution in [2.45, 2.75) is 6.54 Å². The molecular weight excluding hydrogens is 440 g/mol. The van der Waals surface area contributed by atoms with E-state index in [1.807, 2.05) is 18.2 Å². The van der Waals surface area contributed by atoms with Gasteiger partial charge in [-0.1, -0.05) is 28.9 Å². The van der Waals surface area contributed by atoms with Crippen LogP contribution in [-0.2, 0) is 6.54 Å². The van der Waals surface area contributed by atoms with E-state index in [1.165, 1.54) is 22.2 Å². The lowest BCUT2D eigenvalue weighted by molar-refractivity contribution is 0.354. The molecule has 0 radical (unpaired) electrons. The molecule has 5 rings (SSSR count). The predicted molar refractivity (Wildman–Crippen MR) is 118 cm³/mol. The monoisotopic (exact) mass is 454 g/mol. The molecule has 0 amide bonds. The highest BCUT2D eigenvalue weighted by atomic mass is 35.5. The minimum atomic E-state index is -0.194. The molecule has 2 aromatic carbocycles. The van der Waals surface area contributed by atoms with Crippen molar-refractivity contribution in [3.63, 3.8) is 0 Å². The molecule has 0 fully saturated rings. The molecule has 0 spiro atoms. The summed E-state index contributed by atoms with van der Waals surface area (Å²) in [6.45, 7) is 0.0863. The Hall–Kier alpha value is -3.43. The van der Waals surface area contributed by atoms with E-state index in [1.54, 1.807) is 32.4 Å². The minimum Gasteiger partial charge on any atom is -0.493 e. The number of aromatic nitrogens is 4. The van der Waals surface area contributed by atoms with Gasteiger partial charge >= 0.3 is 0 Å². The molecule has 10 heteroatoms. The van der Waals surface area contributed by atoms with Crippen LogP contribution in [0.4, 0.5) is 0 Å². The number of para-hydroxylation sites is 1. The van der Waals surface area contributed by atoms with Gasteiger partial charge in [-0.2, -0.15) is 4.98 Å². The van der Waals surface area contributed by atoms with Gasteiger partial charge in [0.1, 0.15) is 11.2 Å². The first kappa shape index (κ1) is 19.5. The van der Waals surface area contributed by atoms with Crippen molar-refractivity contribution in [2.75, 3.05) is 14.2 Å². The average molecular weight is 455 g/mol. The molecule has 0 bridgehead atoms. The topological polar surface area (TPSA) is 92.3 Å². The molecule has 3 heterocycles. The van der Waals surface area contributed by atoms with Crippen LogP contribution in [0.3, 0.4) is 0 Å². The molecule has 0 saturated heterocycles. The largest absolute Gasteiger partial charge is 0.493 e. The summed E-state index contributed by atoms with van der Waals surface area (Å²) in [5.41, 5.74) is 1.03. The molecular formula is C21H15ClN4O4S. The summed E-state index contributed by atoms with van der Waals surface area (Å²) in [5.74, 6) is 1.66. The summed E-state index contributed by atoms with van der Waals surface area (Å²) in [5, 5.41) is 5.39. The van der Waals surface area contributed by atoms with Crippen molar-refractivity contribution >= 4 is 43.2 Å². The highest BCUT2D eigenvalue weighted by Crippen LogP contribution is 2.37. The van der Waals surface area contributed by atoms with Gasteiger partial charge in [0.05, 0.1) is 36.6 Å². The average Bonchev–Trinajstić information content (AvgIpc) is 3.40. The maximum absolute atomic E-state index is 13.0. The molecule has 0 N–H and O–H groups in total. The number of ether oxygens (including phenoxy) is 2.